The van der Waals surface area contributed by atoms with E-state index in [-0.39, 0.29) is 18.1 Å². The van der Waals surface area contributed by atoms with E-state index in [1.165, 1.54) is 0 Å². The number of aromatic nitrogens is 1. The zero-order valence-corrected chi connectivity index (χ0v) is 11.8. The molecule has 0 aliphatic carbocycles. The Bertz CT molecular complexity index is 333. The van der Waals surface area contributed by atoms with Crippen LogP contribution in [0.5, 0.6) is 0 Å². The first kappa shape index (κ1) is 14.6. The van der Waals surface area contributed by atoms with Gasteiger partial charge in [-0.2, -0.15) is 0 Å². The maximum atomic E-state index is 9.11. The number of hydrogen-bond donors (Lipinski definition) is 2. The molecule has 0 bridgehead atoms. The van der Waals surface area contributed by atoms with E-state index in [2.05, 4.69) is 36.5 Å². The van der Waals surface area contributed by atoms with Gasteiger partial charge in [-0.05, 0) is 0 Å². The van der Waals surface area contributed by atoms with Gasteiger partial charge in [0.25, 0.3) is 0 Å². The molecule has 17 heavy (non-hydrogen) atoms. The Kier molecular flexibility index (Phi) is 5.52. The number of nitrogens with zero attached hydrogens (tertiary/aromatic N) is 1. The molecule has 1 aromatic rings. The lowest BCUT2D eigenvalue weighted by Crippen LogP contribution is -2.36. The molecule has 1 aromatic heterocycles. The molecule has 0 saturated heterocycles. The van der Waals surface area contributed by atoms with Gasteiger partial charge in [0.2, 0.25) is 0 Å². The predicted molar refractivity (Wildman–Crippen MR) is 70.4 cm³/mol. The van der Waals surface area contributed by atoms with Gasteiger partial charge in [0.15, 0.2) is 0 Å². The predicted octanol–water partition coefficient (Wildman–Crippen LogP) is 1.54. The van der Waals surface area contributed by atoms with Crippen LogP contribution in [0.2, 0.25) is 0 Å². The van der Waals surface area contributed by atoms with E-state index >= 15 is 0 Å². The molecule has 1 unspecified atom stereocenters. The molecule has 0 saturated carbocycles. The fraction of sp³-hybridized carbons (Fsp3) is 0.750. The molecule has 0 radical (unpaired) electrons. The van der Waals surface area contributed by atoms with E-state index in [1.807, 2.05) is 0 Å². The van der Waals surface area contributed by atoms with E-state index in [1.54, 1.807) is 18.4 Å². The molecule has 0 spiro atoms. The monoisotopic (exact) mass is 258 g/mol. The maximum absolute atomic E-state index is 9.11. The van der Waals surface area contributed by atoms with Crippen LogP contribution in [0.1, 0.15) is 31.5 Å². The van der Waals surface area contributed by atoms with Crippen molar-refractivity contribution in [3.63, 3.8) is 0 Å². The van der Waals surface area contributed by atoms with Crippen molar-refractivity contribution in [1.82, 2.24) is 10.3 Å². The van der Waals surface area contributed by atoms with Gasteiger partial charge >= 0.3 is 0 Å². The minimum Gasteiger partial charge on any atom is -0.395 e. The summed E-state index contributed by atoms with van der Waals surface area (Å²) in [5, 5.41) is 15.5. The number of aliphatic hydroxyl groups is 1. The van der Waals surface area contributed by atoms with Crippen molar-refractivity contribution < 1.29 is 9.84 Å². The lowest BCUT2D eigenvalue weighted by molar-refractivity contribution is 0.128. The third-order valence-electron chi connectivity index (χ3n) is 2.35. The summed E-state index contributed by atoms with van der Waals surface area (Å²) in [6.07, 6.45) is 0. The van der Waals surface area contributed by atoms with Crippen molar-refractivity contribution >= 4 is 11.3 Å². The van der Waals surface area contributed by atoms with Crippen molar-refractivity contribution in [3.8, 4) is 0 Å². The number of thiazole rings is 1. The van der Waals surface area contributed by atoms with Gasteiger partial charge in [-0.3, -0.25) is 0 Å². The quantitative estimate of drug-likeness (QED) is 0.812. The molecule has 0 aromatic carbocycles. The smallest absolute Gasteiger partial charge is 0.0982 e. The zero-order valence-electron chi connectivity index (χ0n) is 11.0. The molecule has 4 nitrogen and oxygen atoms in total. The Morgan fingerprint density at radius 2 is 2.24 bits per heavy atom. The second kappa shape index (κ2) is 6.44. The Morgan fingerprint density at radius 1 is 1.53 bits per heavy atom. The van der Waals surface area contributed by atoms with Crippen LogP contribution in [0.4, 0.5) is 0 Å². The van der Waals surface area contributed by atoms with Crippen LogP contribution in [-0.4, -0.2) is 36.5 Å². The van der Waals surface area contributed by atoms with Crippen LogP contribution >= 0.6 is 11.3 Å². The minimum absolute atomic E-state index is 0.0280. The lowest BCUT2D eigenvalue weighted by Gasteiger charge is -2.15. The largest absolute Gasteiger partial charge is 0.395 e. The molecule has 0 fully saturated rings. The number of aliphatic hydroxyl groups excluding tert-OH is 1. The fourth-order valence-corrected chi connectivity index (χ4v) is 2.27. The Morgan fingerprint density at radius 3 is 2.71 bits per heavy atom. The topological polar surface area (TPSA) is 54.4 Å². The van der Waals surface area contributed by atoms with Crippen molar-refractivity contribution in [2.24, 2.45) is 0 Å². The van der Waals surface area contributed by atoms with Crippen LogP contribution < -0.4 is 5.32 Å². The summed E-state index contributed by atoms with van der Waals surface area (Å²) in [5.74, 6) is 0. The van der Waals surface area contributed by atoms with Crippen LogP contribution in [0.15, 0.2) is 5.38 Å². The van der Waals surface area contributed by atoms with Gasteiger partial charge in [-0.15, -0.1) is 11.3 Å². The Labute approximate surface area is 107 Å². The highest BCUT2D eigenvalue weighted by Gasteiger charge is 2.18. The number of rotatable bonds is 6. The fourth-order valence-electron chi connectivity index (χ4n) is 1.36. The summed E-state index contributed by atoms with van der Waals surface area (Å²) in [4.78, 5) is 4.58. The Balaban J connectivity index is 2.49. The summed E-state index contributed by atoms with van der Waals surface area (Å²) in [7, 11) is 1.63. The van der Waals surface area contributed by atoms with E-state index in [0.29, 0.717) is 13.2 Å². The summed E-state index contributed by atoms with van der Waals surface area (Å²) < 4.78 is 5.00. The summed E-state index contributed by atoms with van der Waals surface area (Å²) in [6.45, 7) is 7.72. The SMILES string of the molecule is COCC(CO)NCc1csc(C(C)(C)C)n1. The summed E-state index contributed by atoms with van der Waals surface area (Å²) >= 11 is 1.68. The van der Waals surface area contributed by atoms with E-state index in [9.17, 15) is 0 Å². The minimum atomic E-state index is -0.0280. The average molecular weight is 258 g/mol. The standard InChI is InChI=1S/C12H22N2O2S/c1-12(2,3)11-14-9(8-17-11)5-13-10(6-15)7-16-4/h8,10,13,15H,5-7H2,1-4H3. The second-order valence-corrected chi connectivity index (χ2v) is 5.97. The van der Waals surface area contributed by atoms with Gasteiger partial charge in [0.1, 0.15) is 0 Å². The first-order valence-electron chi connectivity index (χ1n) is 5.75. The van der Waals surface area contributed by atoms with Gasteiger partial charge in [-0.1, -0.05) is 20.8 Å². The highest BCUT2D eigenvalue weighted by atomic mass is 32.1. The molecule has 2 N–H and O–H groups in total. The van der Waals surface area contributed by atoms with Crippen LogP contribution in [0.25, 0.3) is 0 Å². The molecule has 1 rings (SSSR count). The molecule has 0 aliphatic rings. The zero-order chi connectivity index (χ0) is 12.9. The molecule has 0 aliphatic heterocycles. The number of ether oxygens (including phenoxy) is 1. The molecular weight excluding hydrogens is 236 g/mol. The average Bonchev–Trinajstić information content (AvgIpc) is 2.72. The van der Waals surface area contributed by atoms with Gasteiger partial charge in [0, 0.05) is 24.4 Å². The summed E-state index contributed by atoms with van der Waals surface area (Å²) in [5.41, 5.74) is 1.13. The summed E-state index contributed by atoms with van der Waals surface area (Å²) in [6, 6.07) is -0.0280. The van der Waals surface area contributed by atoms with E-state index in [0.717, 1.165) is 10.7 Å². The first-order valence-corrected chi connectivity index (χ1v) is 6.63. The van der Waals surface area contributed by atoms with Gasteiger partial charge in [0.05, 0.1) is 30.0 Å². The van der Waals surface area contributed by atoms with Crippen molar-refractivity contribution in [2.45, 2.75) is 38.8 Å². The maximum Gasteiger partial charge on any atom is 0.0982 e. The molecule has 0 amide bonds. The number of nitrogens with one attached hydrogen (secondary N) is 1. The molecule has 1 atom stereocenters. The Hall–Kier alpha value is -0.490. The van der Waals surface area contributed by atoms with Crippen LogP contribution in [0.3, 0.4) is 0 Å². The second-order valence-electron chi connectivity index (χ2n) is 5.11. The van der Waals surface area contributed by atoms with Crippen molar-refractivity contribution in [2.75, 3.05) is 20.3 Å². The van der Waals surface area contributed by atoms with Crippen LogP contribution in [0, 0.1) is 0 Å². The molecular formula is C12H22N2O2S. The van der Waals surface area contributed by atoms with Crippen LogP contribution in [-0.2, 0) is 16.7 Å². The third-order valence-corrected chi connectivity index (χ3v) is 3.67. The van der Waals surface area contributed by atoms with E-state index in [4.69, 9.17) is 9.84 Å². The molecule has 5 heteroatoms. The van der Waals surface area contributed by atoms with Gasteiger partial charge in [-0.25, -0.2) is 4.98 Å². The normalized spacial score (nSPS) is 13.9. The lowest BCUT2D eigenvalue weighted by atomic mass is 9.98. The number of hydrogen-bond acceptors (Lipinski definition) is 5. The van der Waals surface area contributed by atoms with Crippen molar-refractivity contribution in [1.29, 1.82) is 0 Å². The number of methoxy groups -OCH3 is 1. The third kappa shape index (κ3) is 4.71. The first-order chi connectivity index (χ1) is 7.97. The highest BCUT2D eigenvalue weighted by Crippen LogP contribution is 2.25. The van der Waals surface area contributed by atoms with Crippen molar-refractivity contribution in [3.05, 3.63) is 16.1 Å². The molecule has 98 valence electrons. The highest BCUT2D eigenvalue weighted by molar-refractivity contribution is 7.09. The van der Waals surface area contributed by atoms with E-state index < -0.39 is 0 Å². The molecule has 1 heterocycles. The van der Waals surface area contributed by atoms with Gasteiger partial charge < -0.3 is 15.2 Å².